The standard InChI is InChI=1S/C6H11N3O2S/c1-5-3-6(11-9-5)4-8-12(2,7)10/h3H,4H2,1-2H3,(H2,7,8,10). The third-order valence-corrected chi connectivity index (χ3v) is 1.89. The van der Waals surface area contributed by atoms with Gasteiger partial charge in [-0.15, -0.1) is 0 Å². The Morgan fingerprint density at radius 1 is 1.83 bits per heavy atom. The molecule has 0 amide bonds. The summed E-state index contributed by atoms with van der Waals surface area (Å²) in [6.07, 6.45) is 1.32. The van der Waals surface area contributed by atoms with E-state index in [0.717, 1.165) is 5.69 Å². The molecule has 0 aliphatic heterocycles. The summed E-state index contributed by atoms with van der Waals surface area (Å²) >= 11 is 0. The molecule has 12 heavy (non-hydrogen) atoms. The number of hydrogen-bond acceptors (Lipinski definition) is 4. The van der Waals surface area contributed by atoms with E-state index in [0.29, 0.717) is 5.76 Å². The van der Waals surface area contributed by atoms with Gasteiger partial charge < -0.3 is 4.52 Å². The normalized spacial score (nSPS) is 15.8. The van der Waals surface area contributed by atoms with Crippen LogP contribution in [0.2, 0.25) is 0 Å². The molecule has 0 fully saturated rings. The second-order valence-corrected chi connectivity index (χ2v) is 4.58. The largest absolute Gasteiger partial charge is 0.360 e. The molecule has 1 rings (SSSR count). The van der Waals surface area contributed by atoms with Crippen LogP contribution < -0.4 is 4.72 Å². The summed E-state index contributed by atoms with van der Waals surface area (Å²) in [5, 5.41) is 3.65. The van der Waals surface area contributed by atoms with Gasteiger partial charge in [-0.2, -0.15) is 0 Å². The third-order valence-electron chi connectivity index (χ3n) is 1.20. The zero-order valence-electron chi connectivity index (χ0n) is 6.96. The summed E-state index contributed by atoms with van der Waals surface area (Å²) in [5.74, 6) is 0.592. The van der Waals surface area contributed by atoms with Crippen molar-refractivity contribution in [3.8, 4) is 0 Å². The van der Waals surface area contributed by atoms with Crippen LogP contribution in [0.4, 0.5) is 0 Å². The molecular formula is C6H11N3O2S. The van der Waals surface area contributed by atoms with Gasteiger partial charge in [0.25, 0.3) is 0 Å². The molecule has 1 aromatic rings. The summed E-state index contributed by atoms with van der Waals surface area (Å²) in [6.45, 7) is 2.08. The molecule has 0 aliphatic carbocycles. The quantitative estimate of drug-likeness (QED) is 0.733. The predicted molar refractivity (Wildman–Crippen MR) is 44.9 cm³/mol. The van der Waals surface area contributed by atoms with Crippen LogP contribution >= 0.6 is 0 Å². The first kappa shape index (κ1) is 9.21. The Hall–Kier alpha value is -0.880. The van der Waals surface area contributed by atoms with Crippen LogP contribution in [0.1, 0.15) is 11.5 Å². The summed E-state index contributed by atoms with van der Waals surface area (Å²) in [6, 6.07) is 1.73. The molecule has 1 aromatic heterocycles. The maximum atomic E-state index is 10.9. The maximum Gasteiger partial charge on any atom is 0.151 e. The van der Waals surface area contributed by atoms with Crippen molar-refractivity contribution >= 4 is 9.92 Å². The Kier molecular flexibility index (Phi) is 2.49. The molecule has 68 valence electrons. The van der Waals surface area contributed by atoms with E-state index in [-0.39, 0.29) is 6.54 Å². The fraction of sp³-hybridized carbons (Fsp3) is 0.500. The topological polar surface area (TPSA) is 79.0 Å². The third kappa shape index (κ3) is 3.02. The van der Waals surface area contributed by atoms with E-state index in [2.05, 4.69) is 9.88 Å². The van der Waals surface area contributed by atoms with Crippen molar-refractivity contribution < 1.29 is 8.73 Å². The number of aromatic nitrogens is 1. The lowest BCUT2D eigenvalue weighted by atomic mass is 10.4. The highest BCUT2D eigenvalue weighted by Gasteiger charge is 2.02. The van der Waals surface area contributed by atoms with E-state index in [1.165, 1.54) is 6.26 Å². The smallest absolute Gasteiger partial charge is 0.151 e. The fourth-order valence-electron chi connectivity index (χ4n) is 0.708. The predicted octanol–water partition coefficient (Wildman–Crippen LogP) is 0.664. The van der Waals surface area contributed by atoms with Crippen molar-refractivity contribution in [3.05, 3.63) is 17.5 Å². The minimum absolute atomic E-state index is 0.277. The molecule has 0 spiro atoms. The lowest BCUT2D eigenvalue weighted by Crippen LogP contribution is -2.19. The molecule has 5 nitrogen and oxygen atoms in total. The Balaban J connectivity index is 2.55. The van der Waals surface area contributed by atoms with Crippen LogP contribution in [0, 0.1) is 11.7 Å². The molecule has 1 atom stereocenters. The molecule has 6 heteroatoms. The molecule has 1 heterocycles. The molecular weight excluding hydrogens is 178 g/mol. The highest BCUT2D eigenvalue weighted by Crippen LogP contribution is 2.01. The van der Waals surface area contributed by atoms with Crippen molar-refractivity contribution in [2.24, 2.45) is 0 Å². The highest BCUT2D eigenvalue weighted by molar-refractivity contribution is 7.89. The lowest BCUT2D eigenvalue weighted by Gasteiger charge is -1.99. The molecule has 1 unspecified atom stereocenters. The number of nitrogens with one attached hydrogen (secondary N) is 2. The van der Waals surface area contributed by atoms with Gasteiger partial charge in [0.2, 0.25) is 0 Å². The Morgan fingerprint density at radius 3 is 2.92 bits per heavy atom. The Bertz CT molecular complexity index is 355. The number of nitrogens with zero attached hydrogens (tertiary/aromatic N) is 1. The van der Waals surface area contributed by atoms with E-state index < -0.39 is 9.92 Å². The fourth-order valence-corrected chi connectivity index (χ4v) is 1.13. The number of rotatable bonds is 3. The zero-order valence-corrected chi connectivity index (χ0v) is 7.77. The summed E-state index contributed by atoms with van der Waals surface area (Å²) < 4.78 is 25.3. The Labute approximate surface area is 71.2 Å². The second kappa shape index (κ2) is 3.24. The first-order chi connectivity index (χ1) is 5.47. The minimum Gasteiger partial charge on any atom is -0.360 e. The van der Waals surface area contributed by atoms with E-state index in [9.17, 15) is 4.21 Å². The van der Waals surface area contributed by atoms with Crippen LogP contribution in [0.25, 0.3) is 0 Å². The van der Waals surface area contributed by atoms with Gasteiger partial charge in [0.1, 0.15) is 9.92 Å². The number of hydrogen-bond donors (Lipinski definition) is 2. The van der Waals surface area contributed by atoms with Gasteiger partial charge in [0.15, 0.2) is 5.76 Å². The Morgan fingerprint density at radius 2 is 2.50 bits per heavy atom. The first-order valence-corrected chi connectivity index (χ1v) is 5.34. The average Bonchev–Trinajstić information content (AvgIpc) is 2.30. The molecule has 0 saturated carbocycles. The van der Waals surface area contributed by atoms with Gasteiger partial charge in [-0.05, 0) is 6.92 Å². The van der Waals surface area contributed by atoms with Crippen molar-refractivity contribution in [1.29, 1.82) is 4.78 Å². The van der Waals surface area contributed by atoms with Crippen molar-refractivity contribution in [1.82, 2.24) is 9.88 Å². The van der Waals surface area contributed by atoms with Gasteiger partial charge in [-0.3, -0.25) is 0 Å². The number of aryl methyl sites for hydroxylation is 1. The van der Waals surface area contributed by atoms with Crippen molar-refractivity contribution in [2.45, 2.75) is 13.5 Å². The van der Waals surface area contributed by atoms with Gasteiger partial charge in [-0.1, -0.05) is 5.16 Å². The maximum absolute atomic E-state index is 10.9. The highest BCUT2D eigenvalue weighted by atomic mass is 32.2. The van der Waals surface area contributed by atoms with E-state index in [1.807, 2.05) is 0 Å². The summed E-state index contributed by atoms with van der Waals surface area (Å²) in [4.78, 5) is 0. The molecule has 0 bridgehead atoms. The van der Waals surface area contributed by atoms with E-state index >= 15 is 0 Å². The lowest BCUT2D eigenvalue weighted by molar-refractivity contribution is 0.377. The second-order valence-electron chi connectivity index (χ2n) is 2.60. The summed E-state index contributed by atoms with van der Waals surface area (Å²) in [7, 11) is -2.65. The van der Waals surface area contributed by atoms with E-state index in [4.69, 9.17) is 9.30 Å². The summed E-state index contributed by atoms with van der Waals surface area (Å²) in [5.41, 5.74) is 0.777. The molecule has 0 aliphatic rings. The van der Waals surface area contributed by atoms with Crippen LogP contribution in [-0.4, -0.2) is 15.6 Å². The molecule has 0 radical (unpaired) electrons. The first-order valence-electron chi connectivity index (χ1n) is 3.38. The van der Waals surface area contributed by atoms with Crippen LogP contribution in [0.15, 0.2) is 10.6 Å². The van der Waals surface area contributed by atoms with Gasteiger partial charge in [0.05, 0.1) is 12.2 Å². The van der Waals surface area contributed by atoms with Crippen LogP contribution in [0.5, 0.6) is 0 Å². The van der Waals surface area contributed by atoms with Gasteiger partial charge >= 0.3 is 0 Å². The monoisotopic (exact) mass is 189 g/mol. The average molecular weight is 189 g/mol. The van der Waals surface area contributed by atoms with Gasteiger partial charge in [-0.25, -0.2) is 13.7 Å². The molecule has 0 saturated heterocycles. The molecule has 2 N–H and O–H groups in total. The zero-order chi connectivity index (χ0) is 9.19. The van der Waals surface area contributed by atoms with E-state index in [1.54, 1.807) is 13.0 Å². The van der Waals surface area contributed by atoms with Crippen molar-refractivity contribution in [3.63, 3.8) is 0 Å². The van der Waals surface area contributed by atoms with Crippen LogP contribution in [0.3, 0.4) is 0 Å². The molecule has 0 aromatic carbocycles. The minimum atomic E-state index is -2.65. The SMILES string of the molecule is Cc1cc(CNS(C)(=N)=O)on1. The van der Waals surface area contributed by atoms with Crippen molar-refractivity contribution in [2.75, 3.05) is 6.26 Å². The van der Waals surface area contributed by atoms with Crippen LogP contribution in [-0.2, 0) is 16.5 Å². The van der Waals surface area contributed by atoms with Gasteiger partial charge in [0, 0.05) is 12.3 Å².